The fourth-order valence-electron chi connectivity index (χ4n) is 3.61. The molecule has 3 aromatic carbocycles. The number of hydrogen-bond donors (Lipinski definition) is 0. The van der Waals surface area contributed by atoms with Gasteiger partial charge in [-0.2, -0.15) is 0 Å². The Morgan fingerprint density at radius 2 is 1.41 bits per heavy atom. The topological polar surface area (TPSA) is 26.3 Å². The maximum atomic E-state index is 13.4. The van der Waals surface area contributed by atoms with Crippen molar-refractivity contribution in [2.24, 2.45) is 0 Å². The SMILES string of the molecule is C=C[C@@](c1ccccc1)(c1ccc(C)cc1)[C@H](OC)C(=O)c1ccccc1. The van der Waals surface area contributed by atoms with Gasteiger partial charge in [0.1, 0.15) is 6.10 Å². The van der Waals surface area contributed by atoms with Gasteiger partial charge in [-0.1, -0.05) is 96.6 Å². The number of benzene rings is 3. The molecular weight excluding hydrogens is 332 g/mol. The number of carbonyl (C=O) groups excluding carboxylic acids is 1. The molecule has 0 aliphatic carbocycles. The molecule has 2 nitrogen and oxygen atoms in total. The van der Waals surface area contributed by atoms with Gasteiger partial charge in [0.25, 0.3) is 0 Å². The van der Waals surface area contributed by atoms with Crippen molar-refractivity contribution in [1.29, 1.82) is 0 Å². The summed E-state index contributed by atoms with van der Waals surface area (Å²) >= 11 is 0. The predicted molar refractivity (Wildman–Crippen MR) is 110 cm³/mol. The number of aryl methyl sites for hydroxylation is 1. The van der Waals surface area contributed by atoms with Gasteiger partial charge in [0.05, 0.1) is 5.41 Å². The minimum Gasteiger partial charge on any atom is -0.372 e. The average Bonchev–Trinajstić information content (AvgIpc) is 2.73. The van der Waals surface area contributed by atoms with E-state index in [9.17, 15) is 4.79 Å². The van der Waals surface area contributed by atoms with Gasteiger partial charge in [0.15, 0.2) is 5.78 Å². The zero-order valence-electron chi connectivity index (χ0n) is 15.8. The van der Waals surface area contributed by atoms with Crippen LogP contribution in [0, 0.1) is 6.92 Å². The second kappa shape index (κ2) is 8.15. The van der Waals surface area contributed by atoms with E-state index in [1.165, 1.54) is 0 Å². The van der Waals surface area contributed by atoms with Crippen molar-refractivity contribution in [1.82, 2.24) is 0 Å². The summed E-state index contributed by atoms with van der Waals surface area (Å²) < 4.78 is 5.84. The molecule has 0 spiro atoms. The molecule has 3 aromatic rings. The Balaban J connectivity index is 2.23. The molecule has 2 atom stereocenters. The van der Waals surface area contributed by atoms with Gasteiger partial charge in [0, 0.05) is 12.7 Å². The third-order valence-electron chi connectivity index (χ3n) is 5.05. The summed E-state index contributed by atoms with van der Waals surface area (Å²) in [5, 5.41) is 0. The van der Waals surface area contributed by atoms with E-state index in [0.29, 0.717) is 5.56 Å². The van der Waals surface area contributed by atoms with Crippen LogP contribution in [0.4, 0.5) is 0 Å². The summed E-state index contributed by atoms with van der Waals surface area (Å²) in [6.07, 6.45) is 1.10. The Hall–Kier alpha value is -2.97. The van der Waals surface area contributed by atoms with E-state index in [1.54, 1.807) is 7.11 Å². The van der Waals surface area contributed by atoms with Crippen LogP contribution >= 0.6 is 0 Å². The monoisotopic (exact) mass is 356 g/mol. The maximum Gasteiger partial charge on any atom is 0.193 e. The lowest BCUT2D eigenvalue weighted by molar-refractivity contribution is 0.0457. The largest absolute Gasteiger partial charge is 0.372 e. The van der Waals surface area contributed by atoms with Crippen LogP contribution in [-0.4, -0.2) is 19.0 Å². The normalized spacial score (nSPS) is 14.1. The minimum atomic E-state index is -0.795. The minimum absolute atomic E-state index is 0.0672. The van der Waals surface area contributed by atoms with Crippen molar-refractivity contribution in [3.05, 3.63) is 120 Å². The van der Waals surface area contributed by atoms with Gasteiger partial charge in [-0.05, 0) is 18.1 Å². The van der Waals surface area contributed by atoms with Gasteiger partial charge < -0.3 is 4.74 Å². The van der Waals surface area contributed by atoms with Gasteiger partial charge in [-0.15, -0.1) is 6.58 Å². The van der Waals surface area contributed by atoms with E-state index in [0.717, 1.165) is 16.7 Å². The van der Waals surface area contributed by atoms with E-state index >= 15 is 0 Å². The Morgan fingerprint density at radius 1 is 0.889 bits per heavy atom. The summed E-state index contributed by atoms with van der Waals surface area (Å²) in [5.41, 5.74) is 2.94. The zero-order chi connectivity index (χ0) is 19.3. The molecule has 0 radical (unpaired) electrons. The van der Waals surface area contributed by atoms with E-state index < -0.39 is 11.5 Å². The Kier molecular flexibility index (Phi) is 5.68. The molecule has 0 bridgehead atoms. The lowest BCUT2D eigenvalue weighted by atomic mass is 9.68. The molecule has 0 heterocycles. The molecule has 0 unspecified atom stereocenters. The molecule has 0 aliphatic rings. The molecule has 0 aliphatic heterocycles. The quantitative estimate of drug-likeness (QED) is 0.420. The number of Topliss-reactive ketones (excluding diaryl/α,β-unsaturated/α-hetero) is 1. The van der Waals surface area contributed by atoms with Crippen LogP contribution in [0.2, 0.25) is 0 Å². The Labute approximate surface area is 161 Å². The molecular formula is C25H24O2. The maximum absolute atomic E-state index is 13.4. The van der Waals surface area contributed by atoms with Gasteiger partial charge in [-0.25, -0.2) is 0 Å². The molecule has 0 saturated carbocycles. The summed E-state index contributed by atoms with van der Waals surface area (Å²) in [6.45, 7) is 6.17. The van der Waals surface area contributed by atoms with Crippen molar-refractivity contribution in [2.45, 2.75) is 18.4 Å². The highest BCUT2D eigenvalue weighted by Gasteiger charge is 2.44. The molecule has 3 rings (SSSR count). The van der Waals surface area contributed by atoms with Crippen molar-refractivity contribution in [2.75, 3.05) is 7.11 Å². The third kappa shape index (κ3) is 3.49. The smallest absolute Gasteiger partial charge is 0.193 e. The molecule has 0 fully saturated rings. The van der Waals surface area contributed by atoms with Gasteiger partial charge >= 0.3 is 0 Å². The van der Waals surface area contributed by atoms with Crippen LogP contribution in [0.25, 0.3) is 0 Å². The number of methoxy groups -OCH3 is 1. The van der Waals surface area contributed by atoms with Crippen LogP contribution in [0.5, 0.6) is 0 Å². The molecule has 136 valence electrons. The Bertz CT molecular complexity index is 898. The lowest BCUT2D eigenvalue weighted by Gasteiger charge is -2.38. The Morgan fingerprint density at radius 3 is 1.93 bits per heavy atom. The second-order valence-electron chi connectivity index (χ2n) is 6.65. The lowest BCUT2D eigenvalue weighted by Crippen LogP contribution is -2.45. The molecule has 0 amide bonds. The third-order valence-corrected chi connectivity index (χ3v) is 5.05. The van der Waals surface area contributed by atoms with Gasteiger partial charge in [-0.3, -0.25) is 4.79 Å². The first-order valence-corrected chi connectivity index (χ1v) is 9.02. The van der Waals surface area contributed by atoms with E-state index in [2.05, 4.69) is 18.7 Å². The summed E-state index contributed by atoms with van der Waals surface area (Å²) in [5.74, 6) is -0.0672. The molecule has 27 heavy (non-hydrogen) atoms. The molecule has 0 saturated heterocycles. The van der Waals surface area contributed by atoms with Crippen LogP contribution in [0.3, 0.4) is 0 Å². The highest BCUT2D eigenvalue weighted by molar-refractivity contribution is 6.01. The van der Waals surface area contributed by atoms with E-state index in [1.807, 2.05) is 85.8 Å². The molecule has 0 aromatic heterocycles. The summed E-state index contributed by atoms with van der Waals surface area (Å²) in [7, 11) is 1.58. The number of rotatable bonds is 7. The van der Waals surface area contributed by atoms with Crippen LogP contribution in [-0.2, 0) is 10.2 Å². The zero-order valence-corrected chi connectivity index (χ0v) is 15.8. The van der Waals surface area contributed by atoms with Crippen LogP contribution in [0.1, 0.15) is 27.0 Å². The highest BCUT2D eigenvalue weighted by Crippen LogP contribution is 2.39. The van der Waals surface area contributed by atoms with Crippen LogP contribution in [0.15, 0.2) is 97.6 Å². The summed E-state index contributed by atoms with van der Waals surface area (Å²) in [4.78, 5) is 13.4. The van der Waals surface area contributed by atoms with E-state index in [-0.39, 0.29) is 5.78 Å². The fourth-order valence-corrected chi connectivity index (χ4v) is 3.61. The number of hydrogen-bond acceptors (Lipinski definition) is 2. The summed E-state index contributed by atoms with van der Waals surface area (Å²) in [6, 6.07) is 27.4. The fraction of sp³-hybridized carbons (Fsp3) is 0.160. The predicted octanol–water partition coefficient (Wildman–Crippen LogP) is 5.37. The van der Waals surface area contributed by atoms with Crippen molar-refractivity contribution >= 4 is 5.78 Å². The average molecular weight is 356 g/mol. The van der Waals surface area contributed by atoms with Crippen molar-refractivity contribution in [3.8, 4) is 0 Å². The number of carbonyl (C=O) groups is 1. The molecule has 0 N–H and O–H groups in total. The second-order valence-corrected chi connectivity index (χ2v) is 6.65. The van der Waals surface area contributed by atoms with Crippen molar-refractivity contribution < 1.29 is 9.53 Å². The first-order valence-electron chi connectivity index (χ1n) is 9.02. The highest BCUT2D eigenvalue weighted by atomic mass is 16.5. The van der Waals surface area contributed by atoms with E-state index in [4.69, 9.17) is 4.74 Å². The first kappa shape index (κ1) is 18.8. The standard InChI is InChI=1S/C25H24O2/c1-4-25(21-13-9-6-10-14-21,22-17-15-19(2)16-18-22)24(27-3)23(26)20-11-7-5-8-12-20/h4-18,24H,1H2,2-3H3/t24-,25-/m1/s1. The first-order chi connectivity index (χ1) is 13.1. The number of ether oxygens (including phenoxy) is 1. The van der Waals surface area contributed by atoms with Crippen molar-refractivity contribution in [3.63, 3.8) is 0 Å². The van der Waals surface area contributed by atoms with Crippen LogP contribution < -0.4 is 0 Å². The molecule has 2 heteroatoms. The number of ketones is 1. The van der Waals surface area contributed by atoms with Gasteiger partial charge in [0.2, 0.25) is 0 Å².